The van der Waals surface area contributed by atoms with Crippen LogP contribution in [0.3, 0.4) is 0 Å². The minimum atomic E-state index is -4.54. The maximum atomic E-state index is 12.5. The summed E-state index contributed by atoms with van der Waals surface area (Å²) < 4.78 is 37.9. The number of halogens is 4. The van der Waals surface area contributed by atoms with E-state index in [1.807, 2.05) is 0 Å². The number of aldehydes is 1. The topological polar surface area (TPSA) is 17.1 Å². The summed E-state index contributed by atoms with van der Waals surface area (Å²) in [6, 6.07) is 5.86. The van der Waals surface area contributed by atoms with Crippen LogP contribution in [-0.4, -0.2) is 12.5 Å². The Morgan fingerprint density at radius 1 is 1.27 bits per heavy atom. The van der Waals surface area contributed by atoms with E-state index in [4.69, 9.17) is 0 Å². The van der Waals surface area contributed by atoms with Crippen LogP contribution in [0, 0.1) is 0 Å². The SMILES string of the molecule is O=C/C=C(\c1ccccc1Br)C(F)(F)F. The summed E-state index contributed by atoms with van der Waals surface area (Å²) in [5.41, 5.74) is -0.998. The van der Waals surface area contributed by atoms with Crippen molar-refractivity contribution in [2.45, 2.75) is 6.18 Å². The van der Waals surface area contributed by atoms with Gasteiger partial charge in [-0.1, -0.05) is 34.1 Å². The van der Waals surface area contributed by atoms with E-state index in [0.29, 0.717) is 10.5 Å². The number of alkyl halides is 3. The lowest BCUT2D eigenvalue weighted by molar-refractivity contribution is -0.104. The van der Waals surface area contributed by atoms with Gasteiger partial charge in [-0.05, 0) is 12.1 Å². The van der Waals surface area contributed by atoms with Crippen LogP contribution < -0.4 is 0 Å². The highest BCUT2D eigenvalue weighted by Crippen LogP contribution is 2.36. The Kier molecular flexibility index (Phi) is 3.68. The monoisotopic (exact) mass is 278 g/mol. The van der Waals surface area contributed by atoms with Crippen molar-refractivity contribution >= 4 is 27.8 Å². The number of hydrogen-bond donors (Lipinski definition) is 0. The highest BCUT2D eigenvalue weighted by atomic mass is 79.9. The Morgan fingerprint density at radius 2 is 1.87 bits per heavy atom. The van der Waals surface area contributed by atoms with Gasteiger partial charge in [-0.15, -0.1) is 0 Å². The molecule has 0 atom stereocenters. The lowest BCUT2D eigenvalue weighted by atomic mass is 10.1. The molecule has 0 unspecified atom stereocenters. The fourth-order valence-electron chi connectivity index (χ4n) is 1.08. The van der Waals surface area contributed by atoms with Gasteiger partial charge in [-0.3, -0.25) is 4.79 Å². The van der Waals surface area contributed by atoms with Crippen molar-refractivity contribution in [3.8, 4) is 0 Å². The zero-order valence-corrected chi connectivity index (χ0v) is 8.97. The Balaban J connectivity index is 3.29. The largest absolute Gasteiger partial charge is 0.417 e. The highest BCUT2D eigenvalue weighted by molar-refractivity contribution is 9.10. The van der Waals surface area contributed by atoms with E-state index < -0.39 is 11.7 Å². The molecule has 5 heteroatoms. The molecule has 0 aliphatic carbocycles. The van der Waals surface area contributed by atoms with Crippen molar-refractivity contribution in [3.63, 3.8) is 0 Å². The predicted octanol–water partition coefficient (Wildman–Crippen LogP) is 3.59. The van der Waals surface area contributed by atoms with Gasteiger partial charge in [0.2, 0.25) is 0 Å². The van der Waals surface area contributed by atoms with E-state index in [1.165, 1.54) is 18.2 Å². The predicted molar refractivity (Wildman–Crippen MR) is 54.2 cm³/mol. The van der Waals surface area contributed by atoms with Crippen LogP contribution in [-0.2, 0) is 4.79 Å². The quantitative estimate of drug-likeness (QED) is 0.597. The van der Waals surface area contributed by atoms with Gasteiger partial charge in [0.25, 0.3) is 0 Å². The molecule has 1 nitrogen and oxygen atoms in total. The number of allylic oxidation sites excluding steroid dienone is 2. The first-order valence-electron chi connectivity index (χ1n) is 3.94. The molecule has 15 heavy (non-hydrogen) atoms. The summed E-state index contributed by atoms with van der Waals surface area (Å²) in [6.45, 7) is 0. The first-order valence-corrected chi connectivity index (χ1v) is 4.73. The molecule has 0 bridgehead atoms. The number of carbonyl (C=O) groups is 1. The Bertz CT molecular complexity index is 396. The standard InChI is InChI=1S/C10H6BrF3O/c11-9-4-2-1-3-7(9)8(5-6-15)10(12,13)14/h1-6H/b8-5+. The third-order valence-corrected chi connectivity index (χ3v) is 2.40. The normalized spacial score (nSPS) is 12.7. The molecule has 0 saturated heterocycles. The molecule has 0 aliphatic heterocycles. The van der Waals surface area contributed by atoms with Gasteiger partial charge < -0.3 is 0 Å². The van der Waals surface area contributed by atoms with Crippen molar-refractivity contribution in [2.24, 2.45) is 0 Å². The fraction of sp³-hybridized carbons (Fsp3) is 0.100. The summed E-state index contributed by atoms with van der Waals surface area (Å²) in [4.78, 5) is 10.2. The first-order chi connectivity index (χ1) is 6.96. The zero-order chi connectivity index (χ0) is 11.5. The van der Waals surface area contributed by atoms with E-state index in [0.717, 1.165) is 0 Å². The van der Waals surface area contributed by atoms with Crippen LogP contribution in [0.15, 0.2) is 34.8 Å². The summed E-state index contributed by atoms with van der Waals surface area (Å²) in [6.07, 6.45) is -3.90. The van der Waals surface area contributed by atoms with Crippen molar-refractivity contribution in [2.75, 3.05) is 0 Å². The van der Waals surface area contributed by atoms with Crippen LogP contribution in [0.5, 0.6) is 0 Å². The summed E-state index contributed by atoms with van der Waals surface area (Å²) in [5.74, 6) is 0. The van der Waals surface area contributed by atoms with Crippen LogP contribution in [0.1, 0.15) is 5.56 Å². The second-order valence-electron chi connectivity index (χ2n) is 2.69. The van der Waals surface area contributed by atoms with Crippen LogP contribution in [0.2, 0.25) is 0 Å². The second kappa shape index (κ2) is 4.61. The summed E-state index contributed by atoms with van der Waals surface area (Å²) in [5, 5.41) is 0. The molecule has 0 amide bonds. The van der Waals surface area contributed by atoms with Gasteiger partial charge in [-0.2, -0.15) is 13.2 Å². The maximum Gasteiger partial charge on any atom is 0.417 e. The summed E-state index contributed by atoms with van der Waals surface area (Å²) in [7, 11) is 0. The molecule has 0 aliphatic rings. The third kappa shape index (κ3) is 2.92. The first kappa shape index (κ1) is 12.0. The molecule has 0 fully saturated rings. The van der Waals surface area contributed by atoms with Crippen molar-refractivity contribution in [3.05, 3.63) is 40.4 Å². The molecule has 1 aromatic rings. The van der Waals surface area contributed by atoms with Gasteiger partial charge in [0, 0.05) is 10.0 Å². The molecule has 1 rings (SSSR count). The molecule has 1 aromatic carbocycles. The van der Waals surface area contributed by atoms with Gasteiger partial charge in [0.15, 0.2) is 0 Å². The second-order valence-corrected chi connectivity index (χ2v) is 3.55. The molecule has 0 spiro atoms. The molecule has 0 N–H and O–H groups in total. The van der Waals surface area contributed by atoms with Gasteiger partial charge >= 0.3 is 6.18 Å². The average Bonchev–Trinajstić information content (AvgIpc) is 2.14. The Hall–Kier alpha value is -1.10. The van der Waals surface area contributed by atoms with Crippen molar-refractivity contribution in [1.29, 1.82) is 0 Å². The van der Waals surface area contributed by atoms with Crippen molar-refractivity contribution in [1.82, 2.24) is 0 Å². The molecular weight excluding hydrogens is 273 g/mol. The minimum absolute atomic E-state index is 0.0444. The smallest absolute Gasteiger partial charge is 0.299 e. The lowest BCUT2D eigenvalue weighted by Gasteiger charge is -2.12. The van der Waals surface area contributed by atoms with Gasteiger partial charge in [-0.25, -0.2) is 0 Å². The van der Waals surface area contributed by atoms with E-state index in [1.54, 1.807) is 6.07 Å². The molecule has 80 valence electrons. The zero-order valence-electron chi connectivity index (χ0n) is 7.38. The number of benzene rings is 1. The summed E-state index contributed by atoms with van der Waals surface area (Å²) >= 11 is 3.00. The van der Waals surface area contributed by atoms with Gasteiger partial charge in [0.1, 0.15) is 6.29 Å². The number of rotatable bonds is 2. The molecule has 0 radical (unpaired) electrons. The lowest BCUT2D eigenvalue weighted by Crippen LogP contribution is -2.11. The van der Waals surface area contributed by atoms with E-state index in [2.05, 4.69) is 15.9 Å². The highest BCUT2D eigenvalue weighted by Gasteiger charge is 2.35. The number of carbonyl (C=O) groups excluding carboxylic acids is 1. The number of hydrogen-bond acceptors (Lipinski definition) is 1. The van der Waals surface area contributed by atoms with E-state index >= 15 is 0 Å². The maximum absolute atomic E-state index is 12.5. The minimum Gasteiger partial charge on any atom is -0.299 e. The van der Waals surface area contributed by atoms with E-state index in [9.17, 15) is 18.0 Å². The van der Waals surface area contributed by atoms with E-state index in [-0.39, 0.29) is 11.8 Å². The average molecular weight is 279 g/mol. The fourth-order valence-corrected chi connectivity index (χ4v) is 1.58. The van der Waals surface area contributed by atoms with Gasteiger partial charge in [0.05, 0.1) is 5.57 Å². The van der Waals surface area contributed by atoms with Crippen LogP contribution >= 0.6 is 15.9 Å². The molecule has 0 heterocycles. The Morgan fingerprint density at radius 3 is 2.33 bits per heavy atom. The molecule has 0 saturated carbocycles. The third-order valence-electron chi connectivity index (χ3n) is 1.70. The molecular formula is C10H6BrF3O. The molecule has 0 aromatic heterocycles. The van der Waals surface area contributed by atoms with Crippen molar-refractivity contribution < 1.29 is 18.0 Å². The van der Waals surface area contributed by atoms with Crippen LogP contribution in [0.4, 0.5) is 13.2 Å². The van der Waals surface area contributed by atoms with Crippen LogP contribution in [0.25, 0.3) is 5.57 Å². The Labute approximate surface area is 92.7 Å².